The molecule has 4 rings (SSSR count). The Kier molecular flexibility index (Phi) is 5.81. The average molecular weight is 498 g/mol. The van der Waals surface area contributed by atoms with Crippen LogP contribution in [0.3, 0.4) is 0 Å². The largest absolute Gasteiger partial charge is 0.416 e. The van der Waals surface area contributed by atoms with Gasteiger partial charge < -0.3 is 14.0 Å². The lowest BCUT2D eigenvalue weighted by Crippen LogP contribution is -2.49. The number of carbonyl (C=O) groups excluding carboxylic acids is 1. The normalized spacial score (nSPS) is 16.5. The Bertz CT molecular complexity index is 1340. The van der Waals surface area contributed by atoms with Crippen LogP contribution in [0.25, 0.3) is 5.69 Å². The molecule has 0 fully saturated rings. The summed E-state index contributed by atoms with van der Waals surface area (Å²) in [6.45, 7) is 4.50. The van der Waals surface area contributed by atoms with Crippen molar-refractivity contribution in [3.8, 4) is 5.69 Å². The molecule has 0 saturated carbocycles. The number of benzene rings is 1. The summed E-state index contributed by atoms with van der Waals surface area (Å²) < 4.78 is 82.3. The first kappa shape index (κ1) is 24.6. The van der Waals surface area contributed by atoms with Crippen LogP contribution in [-0.4, -0.2) is 31.0 Å². The highest BCUT2D eigenvalue weighted by molar-refractivity contribution is 5.94. The zero-order valence-corrected chi connectivity index (χ0v) is 18.8. The molecule has 0 saturated heterocycles. The number of rotatable bonds is 3. The summed E-state index contributed by atoms with van der Waals surface area (Å²) in [5.41, 5.74) is -2.20. The molecular formula is C23H20F6N4O2. The summed E-state index contributed by atoms with van der Waals surface area (Å²) in [4.78, 5) is 31.7. The summed E-state index contributed by atoms with van der Waals surface area (Å²) in [5.74, 6) is -0.664. The van der Waals surface area contributed by atoms with Gasteiger partial charge in [0, 0.05) is 25.3 Å². The van der Waals surface area contributed by atoms with E-state index >= 15 is 0 Å². The van der Waals surface area contributed by atoms with E-state index in [0.29, 0.717) is 29.1 Å². The molecule has 1 aliphatic rings. The van der Waals surface area contributed by atoms with Crippen molar-refractivity contribution in [2.75, 3.05) is 0 Å². The fourth-order valence-corrected chi connectivity index (χ4v) is 4.22. The lowest BCUT2D eigenvalue weighted by atomic mass is 10.0. The number of fused-ring (bicyclic) bond motifs is 1. The van der Waals surface area contributed by atoms with Gasteiger partial charge in [0.2, 0.25) is 0 Å². The first-order chi connectivity index (χ1) is 16.2. The molecule has 3 aromatic rings. The Morgan fingerprint density at radius 3 is 2.09 bits per heavy atom. The molecule has 0 spiro atoms. The van der Waals surface area contributed by atoms with Crippen molar-refractivity contribution < 1.29 is 31.1 Å². The molecule has 0 aliphatic carbocycles. The van der Waals surface area contributed by atoms with Crippen LogP contribution in [0.5, 0.6) is 0 Å². The molecule has 186 valence electrons. The SMILES string of the molecule is Cc1cn(-c2c(C)cc3n(c2=O)C[C@@H](C)N(Cc2cc(C(F)(F)F)cc(C(F)(F)F)c2)C3=O)cn1. The van der Waals surface area contributed by atoms with Crippen LogP contribution in [0.1, 0.15) is 45.4 Å². The van der Waals surface area contributed by atoms with Crippen LogP contribution >= 0.6 is 0 Å². The zero-order chi connectivity index (χ0) is 25.9. The van der Waals surface area contributed by atoms with Crippen molar-refractivity contribution >= 4 is 5.91 Å². The second kappa shape index (κ2) is 8.28. The maximum Gasteiger partial charge on any atom is 0.416 e. The Labute approximate surface area is 195 Å². The van der Waals surface area contributed by atoms with Crippen molar-refractivity contribution in [2.45, 2.75) is 52.3 Å². The number of alkyl halides is 6. The Morgan fingerprint density at radius 2 is 1.57 bits per heavy atom. The van der Waals surface area contributed by atoms with Gasteiger partial charge in [-0.1, -0.05) is 0 Å². The molecule has 2 aromatic heterocycles. The van der Waals surface area contributed by atoms with Gasteiger partial charge in [0.05, 0.1) is 23.1 Å². The number of pyridine rings is 1. The third-order valence-corrected chi connectivity index (χ3v) is 5.89. The van der Waals surface area contributed by atoms with Crippen LogP contribution in [0, 0.1) is 13.8 Å². The van der Waals surface area contributed by atoms with Crippen molar-refractivity contribution in [1.29, 1.82) is 0 Å². The molecule has 0 bridgehead atoms. The Morgan fingerprint density at radius 1 is 0.971 bits per heavy atom. The van der Waals surface area contributed by atoms with Crippen LogP contribution in [0.15, 0.2) is 41.6 Å². The number of halogens is 6. The summed E-state index contributed by atoms with van der Waals surface area (Å²) in [6.07, 6.45) is -6.86. The van der Waals surface area contributed by atoms with E-state index in [9.17, 15) is 35.9 Å². The lowest BCUT2D eigenvalue weighted by Gasteiger charge is -2.36. The van der Waals surface area contributed by atoms with Gasteiger partial charge in [-0.2, -0.15) is 26.3 Å². The highest BCUT2D eigenvalue weighted by Gasteiger charge is 2.38. The van der Waals surface area contributed by atoms with Crippen LogP contribution < -0.4 is 5.56 Å². The molecule has 1 amide bonds. The third kappa shape index (κ3) is 4.56. The van der Waals surface area contributed by atoms with Crippen LogP contribution in [0.4, 0.5) is 26.3 Å². The van der Waals surface area contributed by atoms with Gasteiger partial charge in [0.25, 0.3) is 11.5 Å². The minimum atomic E-state index is -4.99. The lowest BCUT2D eigenvalue weighted by molar-refractivity contribution is -0.143. The van der Waals surface area contributed by atoms with Crippen LogP contribution in [0.2, 0.25) is 0 Å². The van der Waals surface area contributed by atoms with Gasteiger partial charge in [0.15, 0.2) is 0 Å². The minimum Gasteiger partial charge on any atom is -0.329 e. The molecule has 0 radical (unpaired) electrons. The van der Waals surface area contributed by atoms with Gasteiger partial charge in [0.1, 0.15) is 11.4 Å². The second-order valence-corrected chi connectivity index (χ2v) is 8.60. The van der Waals surface area contributed by atoms with Gasteiger partial charge in [-0.05, 0) is 56.2 Å². The monoisotopic (exact) mass is 498 g/mol. The quantitative estimate of drug-likeness (QED) is 0.491. The maximum atomic E-state index is 13.3. The second-order valence-electron chi connectivity index (χ2n) is 8.60. The summed E-state index contributed by atoms with van der Waals surface area (Å²) in [7, 11) is 0. The predicted molar refractivity (Wildman–Crippen MR) is 113 cm³/mol. The molecule has 0 unspecified atom stereocenters. The van der Waals surface area contributed by atoms with E-state index in [4.69, 9.17) is 0 Å². The zero-order valence-electron chi connectivity index (χ0n) is 18.8. The number of hydrogen-bond acceptors (Lipinski definition) is 3. The first-order valence-electron chi connectivity index (χ1n) is 10.5. The number of nitrogens with zero attached hydrogens (tertiary/aromatic N) is 4. The molecular weight excluding hydrogens is 478 g/mol. The molecule has 0 N–H and O–H groups in total. The van der Waals surface area contributed by atoms with Gasteiger partial charge in [-0.15, -0.1) is 0 Å². The summed E-state index contributed by atoms with van der Waals surface area (Å²) >= 11 is 0. The standard InChI is InChI=1S/C23H20F6N4O2/c1-12-4-18-20(34)32(10-15-5-16(22(24,25)26)7-17(6-15)23(27,28)29)14(3)9-33(18)21(35)19(12)31-8-13(2)30-11-31/h4-8,11,14H,9-10H2,1-3H3/t14-/m1/s1. The number of imidazole rings is 1. The predicted octanol–water partition coefficient (Wildman–Crippen LogP) is 4.73. The van der Waals surface area contributed by atoms with E-state index in [1.54, 1.807) is 31.5 Å². The first-order valence-corrected chi connectivity index (χ1v) is 10.5. The maximum absolute atomic E-state index is 13.3. The highest BCUT2D eigenvalue weighted by atomic mass is 19.4. The topological polar surface area (TPSA) is 60.1 Å². The molecule has 1 aliphatic heterocycles. The average Bonchev–Trinajstić information content (AvgIpc) is 3.16. The number of aryl methyl sites for hydroxylation is 2. The van der Waals surface area contributed by atoms with E-state index in [2.05, 4.69) is 4.98 Å². The molecule has 35 heavy (non-hydrogen) atoms. The fourth-order valence-electron chi connectivity index (χ4n) is 4.22. The van der Waals surface area contributed by atoms with E-state index < -0.39 is 47.5 Å². The highest BCUT2D eigenvalue weighted by Crippen LogP contribution is 2.37. The van der Waals surface area contributed by atoms with E-state index in [-0.39, 0.29) is 23.9 Å². The van der Waals surface area contributed by atoms with Gasteiger partial charge in [-0.25, -0.2) is 4.98 Å². The third-order valence-electron chi connectivity index (χ3n) is 5.89. The van der Waals surface area contributed by atoms with E-state index in [1.807, 2.05) is 0 Å². The fraction of sp³-hybridized carbons (Fsp3) is 0.348. The Balaban J connectivity index is 1.74. The van der Waals surface area contributed by atoms with Crippen molar-refractivity contribution in [3.05, 3.63) is 80.8 Å². The summed E-state index contributed by atoms with van der Waals surface area (Å²) in [6, 6.07) is 2.07. The van der Waals surface area contributed by atoms with Gasteiger partial charge in [-0.3, -0.25) is 9.59 Å². The molecule has 1 atom stereocenters. The minimum absolute atomic E-state index is 0.00853. The number of aromatic nitrogens is 3. The molecule has 1 aromatic carbocycles. The molecule has 3 heterocycles. The Hall–Kier alpha value is -3.57. The molecule has 6 nitrogen and oxygen atoms in total. The number of carbonyl (C=O) groups is 1. The number of hydrogen-bond donors (Lipinski definition) is 0. The number of amides is 1. The van der Waals surface area contributed by atoms with Crippen molar-refractivity contribution in [2.24, 2.45) is 0 Å². The molecule has 12 heteroatoms. The van der Waals surface area contributed by atoms with E-state index in [0.717, 1.165) is 0 Å². The van der Waals surface area contributed by atoms with E-state index in [1.165, 1.54) is 21.9 Å². The summed E-state index contributed by atoms with van der Waals surface area (Å²) in [5, 5.41) is 0. The smallest absolute Gasteiger partial charge is 0.329 e. The van der Waals surface area contributed by atoms with Crippen LogP contribution in [-0.2, 0) is 25.4 Å². The van der Waals surface area contributed by atoms with Crippen molar-refractivity contribution in [1.82, 2.24) is 19.0 Å². The van der Waals surface area contributed by atoms with Gasteiger partial charge >= 0.3 is 12.4 Å². The van der Waals surface area contributed by atoms with Crippen molar-refractivity contribution in [3.63, 3.8) is 0 Å².